The van der Waals surface area contributed by atoms with Gasteiger partial charge >= 0.3 is 5.97 Å². The first-order chi connectivity index (χ1) is 11.7. The fraction of sp³-hybridized carbons (Fsp3) is 0.611. The van der Waals surface area contributed by atoms with Crippen molar-refractivity contribution in [3.05, 3.63) is 16.6 Å². The van der Waals surface area contributed by atoms with Crippen molar-refractivity contribution in [2.24, 2.45) is 11.8 Å². The van der Waals surface area contributed by atoms with Crippen LogP contribution in [0.1, 0.15) is 50.0 Å². The lowest BCUT2D eigenvalue weighted by Gasteiger charge is -2.14. The lowest BCUT2D eigenvalue weighted by atomic mass is 10.2. The summed E-state index contributed by atoms with van der Waals surface area (Å²) >= 11 is 1.36. The molecule has 0 aliphatic rings. The van der Waals surface area contributed by atoms with Gasteiger partial charge in [0.05, 0.1) is 5.69 Å². The number of esters is 1. The van der Waals surface area contributed by atoms with Crippen LogP contribution in [0.5, 0.6) is 0 Å². The second-order valence-electron chi connectivity index (χ2n) is 7.18. The average Bonchev–Trinajstić information content (AvgIpc) is 3.06. The van der Waals surface area contributed by atoms with Gasteiger partial charge in [0.15, 0.2) is 6.10 Å². The molecule has 2 heterocycles. The summed E-state index contributed by atoms with van der Waals surface area (Å²) in [5.74, 6) is 0.0696. The number of ether oxygens (including phenoxy) is 1. The van der Waals surface area contributed by atoms with Crippen LogP contribution in [0.15, 0.2) is 6.07 Å². The van der Waals surface area contributed by atoms with E-state index < -0.39 is 12.1 Å². The summed E-state index contributed by atoms with van der Waals surface area (Å²) in [7, 11) is 0. The number of carbonyl (C=O) groups excluding carboxylic acids is 2. The number of aromatic nitrogens is 2. The molecular weight excluding hydrogens is 338 g/mol. The maximum Gasteiger partial charge on any atom is 0.349 e. The van der Waals surface area contributed by atoms with Gasteiger partial charge in [-0.3, -0.25) is 9.48 Å². The van der Waals surface area contributed by atoms with E-state index in [0.717, 1.165) is 22.5 Å². The molecule has 1 atom stereocenters. The number of thiophene rings is 1. The maximum absolute atomic E-state index is 12.4. The normalized spacial score (nSPS) is 12.8. The summed E-state index contributed by atoms with van der Waals surface area (Å²) in [4.78, 5) is 25.8. The summed E-state index contributed by atoms with van der Waals surface area (Å²) in [6, 6.07) is 1.81. The number of nitrogens with zero attached hydrogens (tertiary/aromatic N) is 2. The van der Waals surface area contributed by atoms with Crippen molar-refractivity contribution >= 4 is 33.4 Å². The Bertz CT molecular complexity index is 761. The molecule has 0 spiro atoms. The Balaban J connectivity index is 2.10. The predicted molar refractivity (Wildman–Crippen MR) is 99.9 cm³/mol. The van der Waals surface area contributed by atoms with Gasteiger partial charge in [-0.15, -0.1) is 11.3 Å². The fourth-order valence-electron chi connectivity index (χ4n) is 2.40. The summed E-state index contributed by atoms with van der Waals surface area (Å²) in [5.41, 5.74) is 0.897. The van der Waals surface area contributed by atoms with Crippen molar-refractivity contribution in [1.82, 2.24) is 15.1 Å². The van der Waals surface area contributed by atoms with Gasteiger partial charge < -0.3 is 10.1 Å². The number of aryl methyl sites for hydroxylation is 1. The highest BCUT2D eigenvalue weighted by Gasteiger charge is 2.22. The third kappa shape index (κ3) is 4.81. The molecule has 2 rings (SSSR count). The molecule has 0 fully saturated rings. The largest absolute Gasteiger partial charge is 0.448 e. The van der Waals surface area contributed by atoms with Gasteiger partial charge in [-0.1, -0.05) is 27.7 Å². The molecule has 0 radical (unpaired) electrons. The second kappa shape index (κ2) is 7.99. The van der Waals surface area contributed by atoms with Crippen LogP contribution in [0, 0.1) is 18.8 Å². The molecule has 1 amide bonds. The number of nitrogens with one attached hydrogen (secondary N) is 1. The Kier molecular flexibility index (Phi) is 6.21. The number of hydrogen-bond acceptors (Lipinski definition) is 5. The summed E-state index contributed by atoms with van der Waals surface area (Å²) < 4.78 is 7.26. The SMILES string of the molecule is Cc1nn(CC(C)C)c2sc(C(=O)O[C@@H](C)C(=O)NCC(C)C)cc12. The van der Waals surface area contributed by atoms with Crippen molar-refractivity contribution < 1.29 is 14.3 Å². The molecule has 0 bridgehead atoms. The van der Waals surface area contributed by atoms with Gasteiger partial charge in [-0.05, 0) is 31.7 Å². The number of carbonyl (C=O) groups is 2. The van der Waals surface area contributed by atoms with E-state index in [2.05, 4.69) is 24.3 Å². The molecule has 6 nitrogen and oxygen atoms in total. The number of hydrogen-bond donors (Lipinski definition) is 1. The quantitative estimate of drug-likeness (QED) is 0.764. The molecule has 0 aromatic carbocycles. The third-order valence-corrected chi connectivity index (χ3v) is 4.81. The minimum absolute atomic E-state index is 0.273. The Morgan fingerprint density at radius 1 is 1.24 bits per heavy atom. The predicted octanol–water partition coefficient (Wildman–Crippen LogP) is 3.38. The Morgan fingerprint density at radius 2 is 1.92 bits per heavy atom. The molecule has 0 saturated heterocycles. The smallest absolute Gasteiger partial charge is 0.349 e. The molecule has 1 N–H and O–H groups in total. The van der Waals surface area contributed by atoms with Crippen LogP contribution >= 0.6 is 11.3 Å². The molecule has 0 unspecified atom stereocenters. The topological polar surface area (TPSA) is 73.2 Å². The zero-order chi connectivity index (χ0) is 18.7. The molecule has 138 valence electrons. The van der Waals surface area contributed by atoms with Crippen LogP contribution in [0.2, 0.25) is 0 Å². The molecule has 25 heavy (non-hydrogen) atoms. The average molecular weight is 365 g/mol. The molecule has 2 aromatic heterocycles. The highest BCUT2D eigenvalue weighted by Crippen LogP contribution is 2.29. The van der Waals surface area contributed by atoms with E-state index in [1.807, 2.05) is 25.5 Å². The van der Waals surface area contributed by atoms with Crippen molar-refractivity contribution in [3.8, 4) is 0 Å². The summed E-state index contributed by atoms with van der Waals surface area (Å²) in [6.45, 7) is 13.2. The van der Waals surface area contributed by atoms with Gasteiger partial charge in [-0.25, -0.2) is 4.79 Å². The first-order valence-electron chi connectivity index (χ1n) is 8.64. The molecule has 7 heteroatoms. The van der Waals surface area contributed by atoms with Gasteiger partial charge in [0.2, 0.25) is 0 Å². The maximum atomic E-state index is 12.4. The minimum Gasteiger partial charge on any atom is -0.448 e. The zero-order valence-corrected chi connectivity index (χ0v) is 16.6. The van der Waals surface area contributed by atoms with E-state index >= 15 is 0 Å². The van der Waals surface area contributed by atoms with Crippen LogP contribution in [0.25, 0.3) is 10.2 Å². The van der Waals surface area contributed by atoms with Gasteiger partial charge in [0, 0.05) is 18.5 Å². The van der Waals surface area contributed by atoms with Crippen LogP contribution in [0.4, 0.5) is 0 Å². The zero-order valence-electron chi connectivity index (χ0n) is 15.8. The highest BCUT2D eigenvalue weighted by atomic mass is 32.1. The molecule has 0 aliphatic heterocycles. The molecule has 0 saturated carbocycles. The lowest BCUT2D eigenvalue weighted by Crippen LogP contribution is -2.37. The first-order valence-corrected chi connectivity index (χ1v) is 9.46. The number of amides is 1. The second-order valence-corrected chi connectivity index (χ2v) is 8.21. The first kappa shape index (κ1) is 19.4. The fourth-order valence-corrected chi connectivity index (χ4v) is 3.46. The van der Waals surface area contributed by atoms with Crippen LogP contribution in [-0.2, 0) is 16.1 Å². The highest BCUT2D eigenvalue weighted by molar-refractivity contribution is 7.20. The van der Waals surface area contributed by atoms with Crippen molar-refractivity contribution in [1.29, 1.82) is 0 Å². The Morgan fingerprint density at radius 3 is 2.52 bits per heavy atom. The Hall–Kier alpha value is -1.89. The van der Waals surface area contributed by atoms with Gasteiger partial charge in [-0.2, -0.15) is 5.10 Å². The number of rotatable bonds is 7. The van der Waals surface area contributed by atoms with Crippen LogP contribution in [0.3, 0.4) is 0 Å². The van der Waals surface area contributed by atoms with Crippen LogP contribution in [-0.4, -0.2) is 34.3 Å². The molecular formula is C18H27N3O3S. The van der Waals surface area contributed by atoms with E-state index in [1.54, 1.807) is 13.0 Å². The third-order valence-electron chi connectivity index (χ3n) is 3.68. The Labute approximate surface area is 152 Å². The van der Waals surface area contributed by atoms with E-state index in [9.17, 15) is 9.59 Å². The van der Waals surface area contributed by atoms with Crippen LogP contribution < -0.4 is 5.32 Å². The minimum atomic E-state index is -0.815. The number of fused-ring (bicyclic) bond motifs is 1. The summed E-state index contributed by atoms with van der Waals surface area (Å²) in [6.07, 6.45) is -0.815. The van der Waals surface area contributed by atoms with E-state index in [4.69, 9.17) is 4.74 Å². The summed E-state index contributed by atoms with van der Waals surface area (Å²) in [5, 5.41) is 8.27. The molecule has 2 aromatic rings. The standard InChI is InChI=1S/C18H27N3O3S/c1-10(2)8-19-16(22)13(6)24-18(23)15-7-14-12(5)20-21(9-11(3)4)17(14)25-15/h7,10-11,13H,8-9H2,1-6H3,(H,19,22)/t13-/m0/s1. The van der Waals surface area contributed by atoms with Crippen molar-refractivity contribution in [3.63, 3.8) is 0 Å². The monoisotopic (exact) mass is 365 g/mol. The van der Waals surface area contributed by atoms with E-state index in [0.29, 0.717) is 23.3 Å². The van der Waals surface area contributed by atoms with Crippen molar-refractivity contribution in [2.75, 3.05) is 6.54 Å². The van der Waals surface area contributed by atoms with Crippen molar-refractivity contribution in [2.45, 2.75) is 54.2 Å². The van der Waals surface area contributed by atoms with E-state index in [-0.39, 0.29) is 5.91 Å². The van der Waals surface area contributed by atoms with Gasteiger partial charge in [0.1, 0.15) is 9.71 Å². The van der Waals surface area contributed by atoms with E-state index in [1.165, 1.54) is 11.3 Å². The van der Waals surface area contributed by atoms with Gasteiger partial charge in [0.25, 0.3) is 5.91 Å². The molecule has 0 aliphatic carbocycles. The lowest BCUT2D eigenvalue weighted by molar-refractivity contribution is -0.129.